The van der Waals surface area contributed by atoms with Crippen LogP contribution in [0, 0.1) is 3.57 Å². The van der Waals surface area contributed by atoms with Crippen LogP contribution in [0.25, 0.3) is 0 Å². The second kappa shape index (κ2) is 7.64. The molecule has 7 heteroatoms. The normalized spacial score (nSPS) is 10.1. The van der Waals surface area contributed by atoms with Crippen molar-refractivity contribution in [3.63, 3.8) is 0 Å². The van der Waals surface area contributed by atoms with Gasteiger partial charge in [0.05, 0.1) is 6.61 Å². The lowest BCUT2D eigenvalue weighted by Gasteiger charge is -2.03. The Hall–Kier alpha value is -1.64. The van der Waals surface area contributed by atoms with Crippen LogP contribution < -0.4 is 10.7 Å². The molecule has 6 nitrogen and oxygen atoms in total. The maximum atomic E-state index is 11.3. The highest BCUT2D eigenvalue weighted by Crippen LogP contribution is 2.10. The third-order valence-corrected chi connectivity index (χ3v) is 2.44. The van der Waals surface area contributed by atoms with E-state index in [4.69, 9.17) is 0 Å². The van der Waals surface area contributed by atoms with Crippen LogP contribution >= 0.6 is 22.6 Å². The fourth-order valence-corrected chi connectivity index (χ4v) is 1.37. The monoisotopic (exact) mass is 361 g/mol. The first-order chi connectivity index (χ1) is 8.61. The molecule has 1 aromatic carbocycles. The molecule has 0 atom stereocenters. The smallest absolute Gasteiger partial charge is 0.351 e. The van der Waals surface area contributed by atoms with Crippen molar-refractivity contribution >= 4 is 46.5 Å². The lowest BCUT2D eigenvalue weighted by molar-refractivity contribution is -0.134. The summed E-state index contributed by atoms with van der Waals surface area (Å²) in [6.45, 7) is 1.95. The molecule has 2 amide bonds. The molecule has 0 radical (unpaired) electrons. The van der Waals surface area contributed by atoms with Gasteiger partial charge in [-0.1, -0.05) is 0 Å². The number of hydrogen-bond acceptors (Lipinski definition) is 4. The van der Waals surface area contributed by atoms with Crippen LogP contribution in [0.3, 0.4) is 0 Å². The summed E-state index contributed by atoms with van der Waals surface area (Å²) >= 11 is 2.16. The highest BCUT2D eigenvalue weighted by atomic mass is 127. The Balaban J connectivity index is 2.38. The van der Waals surface area contributed by atoms with Crippen LogP contribution in [0.15, 0.2) is 29.4 Å². The van der Waals surface area contributed by atoms with E-state index in [2.05, 4.69) is 43.2 Å². The van der Waals surface area contributed by atoms with Gasteiger partial charge in [0, 0.05) is 9.26 Å². The van der Waals surface area contributed by atoms with Crippen molar-refractivity contribution in [2.45, 2.75) is 6.92 Å². The van der Waals surface area contributed by atoms with Crippen molar-refractivity contribution in [3.8, 4) is 0 Å². The molecular formula is C11H12IN3O3. The molecule has 1 aromatic rings. The van der Waals surface area contributed by atoms with Crippen LogP contribution in [-0.2, 0) is 9.53 Å². The molecule has 0 fully saturated rings. The van der Waals surface area contributed by atoms with Gasteiger partial charge in [-0.15, -0.1) is 0 Å². The quantitative estimate of drug-likeness (QED) is 0.372. The van der Waals surface area contributed by atoms with Crippen LogP contribution in [0.4, 0.5) is 10.5 Å². The largest absolute Gasteiger partial charge is 0.462 e. The first kappa shape index (κ1) is 14.4. The summed E-state index contributed by atoms with van der Waals surface area (Å²) in [5.41, 5.74) is 2.79. The van der Waals surface area contributed by atoms with Crippen molar-refractivity contribution in [2.75, 3.05) is 11.9 Å². The summed E-state index contributed by atoms with van der Waals surface area (Å²) in [4.78, 5) is 22.2. The van der Waals surface area contributed by atoms with Crippen molar-refractivity contribution in [1.29, 1.82) is 0 Å². The number of halogens is 1. The summed E-state index contributed by atoms with van der Waals surface area (Å²) in [6.07, 6.45) is 0.900. The van der Waals surface area contributed by atoms with Gasteiger partial charge < -0.3 is 10.1 Å². The number of nitrogens with zero attached hydrogens (tertiary/aromatic N) is 1. The number of ether oxygens (including phenoxy) is 1. The molecule has 0 aliphatic carbocycles. The summed E-state index contributed by atoms with van der Waals surface area (Å²) < 4.78 is 5.66. The average molecular weight is 361 g/mol. The number of esters is 1. The van der Waals surface area contributed by atoms with Crippen LogP contribution in [-0.4, -0.2) is 24.8 Å². The molecule has 18 heavy (non-hydrogen) atoms. The number of rotatable bonds is 4. The Morgan fingerprint density at radius 2 is 2.06 bits per heavy atom. The van der Waals surface area contributed by atoms with Crippen molar-refractivity contribution in [3.05, 3.63) is 27.8 Å². The third kappa shape index (κ3) is 5.62. The second-order valence-electron chi connectivity index (χ2n) is 3.08. The van der Waals surface area contributed by atoms with Crippen LogP contribution in [0.2, 0.25) is 0 Å². The lowest BCUT2D eigenvalue weighted by Crippen LogP contribution is -2.24. The highest BCUT2D eigenvalue weighted by Gasteiger charge is 2.00. The highest BCUT2D eigenvalue weighted by molar-refractivity contribution is 14.1. The third-order valence-electron chi connectivity index (χ3n) is 1.72. The van der Waals surface area contributed by atoms with Gasteiger partial charge in [-0.2, -0.15) is 5.10 Å². The van der Waals surface area contributed by atoms with Crippen LogP contribution in [0.1, 0.15) is 6.92 Å². The van der Waals surface area contributed by atoms with E-state index in [0.717, 1.165) is 9.78 Å². The van der Waals surface area contributed by atoms with E-state index in [1.165, 1.54) is 0 Å². The summed E-state index contributed by atoms with van der Waals surface area (Å²) in [5.74, 6) is -0.605. The molecule has 0 heterocycles. The minimum atomic E-state index is -0.605. The molecule has 0 unspecified atom stereocenters. The SMILES string of the molecule is CCOC(=O)/C=N/NC(=O)Nc1ccc(I)cc1. The Kier molecular flexibility index (Phi) is 6.12. The molecule has 0 bridgehead atoms. The topological polar surface area (TPSA) is 79.8 Å². The lowest BCUT2D eigenvalue weighted by atomic mass is 10.3. The maximum Gasteiger partial charge on any atom is 0.351 e. The molecule has 2 N–H and O–H groups in total. The van der Waals surface area contributed by atoms with Gasteiger partial charge in [-0.25, -0.2) is 15.0 Å². The maximum absolute atomic E-state index is 11.3. The number of amides is 2. The van der Waals surface area contributed by atoms with Gasteiger partial charge in [0.2, 0.25) is 0 Å². The zero-order chi connectivity index (χ0) is 13.4. The number of urea groups is 1. The van der Waals surface area contributed by atoms with Gasteiger partial charge in [0.15, 0.2) is 0 Å². The van der Waals surface area contributed by atoms with Crippen molar-refractivity contribution in [2.24, 2.45) is 5.10 Å². The van der Waals surface area contributed by atoms with E-state index < -0.39 is 12.0 Å². The van der Waals surface area contributed by atoms with Gasteiger partial charge in [0.25, 0.3) is 0 Å². The molecule has 0 spiro atoms. The Morgan fingerprint density at radius 3 is 2.67 bits per heavy atom. The number of hydrogen-bond donors (Lipinski definition) is 2. The first-order valence-corrected chi connectivity index (χ1v) is 6.22. The zero-order valence-corrected chi connectivity index (χ0v) is 11.8. The summed E-state index contributed by atoms with van der Waals surface area (Å²) in [6, 6.07) is 6.71. The summed E-state index contributed by atoms with van der Waals surface area (Å²) in [7, 11) is 0. The molecule has 0 saturated carbocycles. The standard InChI is InChI=1S/C11H12IN3O3/c1-2-18-10(16)7-13-15-11(17)14-9-5-3-8(12)4-6-9/h3-7H,2H2,1H3,(H2,14,15,17)/b13-7+. The fourth-order valence-electron chi connectivity index (χ4n) is 1.02. The van der Waals surface area contributed by atoms with Crippen molar-refractivity contribution < 1.29 is 14.3 Å². The zero-order valence-electron chi connectivity index (χ0n) is 9.64. The molecule has 0 saturated heterocycles. The molecular weight excluding hydrogens is 349 g/mol. The number of hydrazone groups is 1. The van der Waals surface area contributed by atoms with E-state index >= 15 is 0 Å². The number of nitrogens with one attached hydrogen (secondary N) is 2. The average Bonchev–Trinajstić information content (AvgIpc) is 2.32. The predicted octanol–water partition coefficient (Wildman–Crippen LogP) is 1.96. The minimum Gasteiger partial charge on any atom is -0.462 e. The van der Waals surface area contributed by atoms with Gasteiger partial charge >= 0.3 is 12.0 Å². The second-order valence-corrected chi connectivity index (χ2v) is 4.33. The van der Waals surface area contributed by atoms with Gasteiger partial charge in [-0.05, 0) is 53.8 Å². The minimum absolute atomic E-state index is 0.264. The summed E-state index contributed by atoms with van der Waals surface area (Å²) in [5, 5.41) is 6.00. The van der Waals surface area contributed by atoms with Gasteiger partial charge in [-0.3, -0.25) is 0 Å². The number of carbonyl (C=O) groups excluding carboxylic acids is 2. The fraction of sp³-hybridized carbons (Fsp3) is 0.182. The Bertz CT molecular complexity index is 445. The van der Waals surface area contributed by atoms with E-state index in [1.807, 2.05) is 12.1 Å². The first-order valence-electron chi connectivity index (χ1n) is 5.14. The van der Waals surface area contributed by atoms with Gasteiger partial charge in [0.1, 0.15) is 6.21 Å². The molecule has 0 aromatic heterocycles. The van der Waals surface area contributed by atoms with E-state index in [9.17, 15) is 9.59 Å². The van der Waals surface area contributed by atoms with Crippen LogP contribution in [0.5, 0.6) is 0 Å². The number of carbonyl (C=O) groups is 2. The van der Waals surface area contributed by atoms with Crippen molar-refractivity contribution in [1.82, 2.24) is 5.43 Å². The Morgan fingerprint density at radius 1 is 1.39 bits per heavy atom. The number of anilines is 1. The molecule has 1 rings (SSSR count). The Labute approximate surface area is 118 Å². The van der Waals surface area contributed by atoms with E-state index in [1.54, 1.807) is 19.1 Å². The predicted molar refractivity (Wildman–Crippen MR) is 76.4 cm³/mol. The number of benzene rings is 1. The molecule has 0 aliphatic heterocycles. The molecule has 96 valence electrons. The van der Waals surface area contributed by atoms with E-state index in [0.29, 0.717) is 5.69 Å². The molecule has 0 aliphatic rings. The van der Waals surface area contributed by atoms with E-state index in [-0.39, 0.29) is 6.61 Å².